The number of aromatic nitrogens is 1. The number of hydrogen-bond acceptors (Lipinski definition) is 2. The number of halogens is 4. The maximum atomic E-state index is 13.6. The number of nitrogens with zero attached hydrogens (tertiary/aromatic N) is 1. The van der Waals surface area contributed by atoms with Gasteiger partial charge in [-0.15, -0.1) is 0 Å². The Bertz CT molecular complexity index is 583. The van der Waals surface area contributed by atoms with Crippen molar-refractivity contribution < 1.29 is 22.7 Å². The molecule has 1 aromatic carbocycles. The molecule has 0 bridgehead atoms. The zero-order chi connectivity index (χ0) is 14.8. The molecular weight excluding hydrogens is 274 g/mol. The van der Waals surface area contributed by atoms with Gasteiger partial charge in [-0.25, -0.2) is 4.39 Å². The first-order chi connectivity index (χ1) is 9.38. The van der Waals surface area contributed by atoms with Crippen molar-refractivity contribution in [1.29, 1.82) is 0 Å². The molecule has 0 aliphatic rings. The normalized spacial score (nSPS) is 13.2. The Labute approximate surface area is 112 Å². The van der Waals surface area contributed by atoms with E-state index in [1.165, 1.54) is 12.4 Å². The molecule has 0 spiro atoms. The van der Waals surface area contributed by atoms with E-state index in [1.807, 2.05) is 0 Å². The summed E-state index contributed by atoms with van der Waals surface area (Å²) in [6.07, 6.45) is -2.92. The van der Waals surface area contributed by atoms with Gasteiger partial charge in [0.15, 0.2) is 0 Å². The highest BCUT2D eigenvalue weighted by atomic mass is 19.4. The molecule has 0 amide bonds. The van der Waals surface area contributed by atoms with E-state index in [0.717, 1.165) is 0 Å². The van der Waals surface area contributed by atoms with E-state index >= 15 is 0 Å². The fraction of sp³-hybridized carbons (Fsp3) is 0.214. The second-order valence-corrected chi connectivity index (χ2v) is 4.31. The maximum absolute atomic E-state index is 13.6. The van der Waals surface area contributed by atoms with Gasteiger partial charge in [0.25, 0.3) is 0 Å². The van der Waals surface area contributed by atoms with Crippen molar-refractivity contribution in [1.82, 2.24) is 4.98 Å². The largest absolute Gasteiger partial charge is 0.416 e. The van der Waals surface area contributed by atoms with Crippen LogP contribution in [0.25, 0.3) is 0 Å². The molecule has 2 aromatic rings. The van der Waals surface area contributed by atoms with Gasteiger partial charge in [0.05, 0.1) is 11.7 Å². The van der Waals surface area contributed by atoms with Crippen molar-refractivity contribution in [2.75, 3.05) is 0 Å². The molecule has 0 aliphatic heterocycles. The van der Waals surface area contributed by atoms with Crippen molar-refractivity contribution in [2.45, 2.75) is 18.7 Å². The standard InChI is InChI=1S/C14H11F4NO/c15-12-2-1-10(14(16,17)18)8-11(12)13(20)7-9-3-5-19-6-4-9/h1-6,8,13,20H,7H2. The van der Waals surface area contributed by atoms with E-state index in [4.69, 9.17) is 0 Å². The van der Waals surface area contributed by atoms with Crippen molar-refractivity contribution >= 4 is 0 Å². The Hall–Kier alpha value is -1.95. The fourth-order valence-corrected chi connectivity index (χ4v) is 1.83. The molecular formula is C14H11F4NO. The second-order valence-electron chi connectivity index (χ2n) is 4.31. The summed E-state index contributed by atoms with van der Waals surface area (Å²) < 4.78 is 51.3. The van der Waals surface area contributed by atoms with Gasteiger partial charge in [-0.3, -0.25) is 4.98 Å². The number of aliphatic hydroxyl groups excluding tert-OH is 1. The summed E-state index contributed by atoms with van der Waals surface area (Å²) in [7, 11) is 0. The zero-order valence-corrected chi connectivity index (χ0v) is 10.2. The lowest BCUT2D eigenvalue weighted by Gasteiger charge is -2.14. The summed E-state index contributed by atoms with van der Waals surface area (Å²) in [5, 5.41) is 9.92. The van der Waals surface area contributed by atoms with Gasteiger partial charge >= 0.3 is 6.18 Å². The van der Waals surface area contributed by atoms with Crippen LogP contribution in [0.4, 0.5) is 17.6 Å². The first-order valence-electron chi connectivity index (χ1n) is 5.81. The maximum Gasteiger partial charge on any atom is 0.416 e. The highest BCUT2D eigenvalue weighted by Crippen LogP contribution is 2.32. The van der Waals surface area contributed by atoms with Crippen molar-refractivity contribution in [3.63, 3.8) is 0 Å². The van der Waals surface area contributed by atoms with Gasteiger partial charge < -0.3 is 5.11 Å². The van der Waals surface area contributed by atoms with Crippen LogP contribution in [0.5, 0.6) is 0 Å². The summed E-state index contributed by atoms with van der Waals surface area (Å²) in [5.74, 6) is -0.862. The molecule has 0 fully saturated rings. The van der Waals surface area contributed by atoms with Crippen molar-refractivity contribution in [3.8, 4) is 0 Å². The van der Waals surface area contributed by atoms with Gasteiger partial charge in [0.1, 0.15) is 5.82 Å². The van der Waals surface area contributed by atoms with Gasteiger partial charge in [-0.1, -0.05) is 0 Å². The van der Waals surface area contributed by atoms with Crippen LogP contribution in [0.1, 0.15) is 22.8 Å². The van der Waals surface area contributed by atoms with Crippen molar-refractivity contribution in [2.24, 2.45) is 0 Å². The van der Waals surface area contributed by atoms with E-state index in [1.54, 1.807) is 12.1 Å². The summed E-state index contributed by atoms with van der Waals surface area (Å²) in [6, 6.07) is 5.22. The van der Waals surface area contributed by atoms with Crippen LogP contribution in [-0.4, -0.2) is 10.1 Å². The number of pyridine rings is 1. The molecule has 106 valence electrons. The van der Waals surface area contributed by atoms with E-state index in [0.29, 0.717) is 23.8 Å². The summed E-state index contributed by atoms with van der Waals surface area (Å²) >= 11 is 0. The van der Waals surface area contributed by atoms with E-state index in [-0.39, 0.29) is 12.0 Å². The lowest BCUT2D eigenvalue weighted by atomic mass is 9.99. The van der Waals surface area contributed by atoms with E-state index < -0.39 is 23.7 Å². The van der Waals surface area contributed by atoms with Crippen LogP contribution in [-0.2, 0) is 12.6 Å². The second kappa shape index (κ2) is 5.58. The quantitative estimate of drug-likeness (QED) is 0.875. The molecule has 1 N–H and O–H groups in total. The highest BCUT2D eigenvalue weighted by Gasteiger charge is 2.31. The fourth-order valence-electron chi connectivity index (χ4n) is 1.83. The molecule has 0 saturated heterocycles. The average molecular weight is 285 g/mol. The Balaban J connectivity index is 2.27. The Kier molecular flexibility index (Phi) is 4.04. The number of rotatable bonds is 3. The first kappa shape index (κ1) is 14.5. The minimum absolute atomic E-state index is 0.0146. The molecule has 20 heavy (non-hydrogen) atoms. The lowest BCUT2D eigenvalue weighted by molar-refractivity contribution is -0.137. The zero-order valence-electron chi connectivity index (χ0n) is 10.2. The van der Waals surface area contributed by atoms with Crippen LogP contribution in [0.15, 0.2) is 42.7 Å². The smallest absolute Gasteiger partial charge is 0.388 e. The van der Waals surface area contributed by atoms with E-state index in [9.17, 15) is 22.7 Å². The van der Waals surface area contributed by atoms with E-state index in [2.05, 4.69) is 4.98 Å². The van der Waals surface area contributed by atoms with Gasteiger partial charge in [-0.05, 0) is 35.9 Å². The molecule has 2 rings (SSSR count). The predicted molar refractivity (Wildman–Crippen MR) is 64.3 cm³/mol. The average Bonchev–Trinajstić information content (AvgIpc) is 2.39. The molecule has 1 unspecified atom stereocenters. The van der Waals surface area contributed by atoms with Gasteiger partial charge in [0.2, 0.25) is 0 Å². The summed E-state index contributed by atoms with van der Waals surface area (Å²) in [4.78, 5) is 3.78. The third-order valence-electron chi connectivity index (χ3n) is 2.86. The number of aliphatic hydroxyl groups is 1. The first-order valence-corrected chi connectivity index (χ1v) is 5.81. The van der Waals surface area contributed by atoms with Crippen LogP contribution >= 0.6 is 0 Å². The lowest BCUT2D eigenvalue weighted by Crippen LogP contribution is -2.10. The van der Waals surface area contributed by atoms with Gasteiger partial charge in [-0.2, -0.15) is 13.2 Å². The SMILES string of the molecule is OC(Cc1ccncc1)c1cc(C(F)(F)F)ccc1F. The topological polar surface area (TPSA) is 33.1 Å². The molecule has 0 radical (unpaired) electrons. The minimum Gasteiger partial charge on any atom is -0.388 e. The summed E-state index contributed by atoms with van der Waals surface area (Å²) in [6.45, 7) is 0. The molecule has 0 saturated carbocycles. The monoisotopic (exact) mass is 285 g/mol. The van der Waals surface area contributed by atoms with Crippen molar-refractivity contribution in [3.05, 3.63) is 65.2 Å². The molecule has 6 heteroatoms. The number of alkyl halides is 3. The Morgan fingerprint density at radius 1 is 1.10 bits per heavy atom. The van der Waals surface area contributed by atoms with Crippen LogP contribution in [0.3, 0.4) is 0 Å². The number of benzene rings is 1. The van der Waals surface area contributed by atoms with Crippen LogP contribution in [0, 0.1) is 5.82 Å². The van der Waals surface area contributed by atoms with Crippen LogP contribution < -0.4 is 0 Å². The van der Waals surface area contributed by atoms with Gasteiger partial charge in [0, 0.05) is 24.4 Å². The Morgan fingerprint density at radius 2 is 1.75 bits per heavy atom. The minimum atomic E-state index is -4.57. The summed E-state index contributed by atoms with van der Waals surface area (Å²) in [5.41, 5.74) is -0.691. The molecule has 1 aromatic heterocycles. The molecule has 1 atom stereocenters. The molecule has 0 aliphatic carbocycles. The Morgan fingerprint density at radius 3 is 2.35 bits per heavy atom. The molecule has 2 nitrogen and oxygen atoms in total. The third kappa shape index (κ3) is 3.33. The number of hydrogen-bond donors (Lipinski definition) is 1. The highest BCUT2D eigenvalue weighted by molar-refractivity contribution is 5.30. The van der Waals surface area contributed by atoms with Crippen LogP contribution in [0.2, 0.25) is 0 Å². The molecule has 1 heterocycles. The third-order valence-corrected chi connectivity index (χ3v) is 2.86. The predicted octanol–water partition coefficient (Wildman–Crippen LogP) is 3.52.